The molecule has 0 aliphatic rings. The number of carbonyl (C=O) groups excluding carboxylic acids is 1. The zero-order valence-electron chi connectivity index (χ0n) is 8.48. The van der Waals surface area contributed by atoms with E-state index in [1.807, 2.05) is 0 Å². The van der Waals surface area contributed by atoms with Crippen molar-refractivity contribution in [1.29, 1.82) is 0 Å². The number of amides is 2. The van der Waals surface area contributed by atoms with Crippen LogP contribution in [0.25, 0.3) is 0 Å². The molecule has 1 unspecified atom stereocenters. The average Bonchev–Trinajstić information content (AvgIpc) is 1.99. The maximum absolute atomic E-state index is 11.9. The number of rotatable bonds is 3. The molecule has 0 fully saturated rings. The minimum Gasteiger partial charge on any atom is -0.335 e. The molecule has 2 amide bonds. The molecule has 0 saturated heterocycles. The molecule has 0 aromatic heterocycles. The molecular formula is C8H15F3N2O. The highest BCUT2D eigenvalue weighted by molar-refractivity contribution is 5.74. The van der Waals surface area contributed by atoms with Crippen molar-refractivity contribution >= 4 is 6.03 Å². The molecule has 14 heavy (non-hydrogen) atoms. The van der Waals surface area contributed by atoms with Gasteiger partial charge in [-0.05, 0) is 13.8 Å². The predicted octanol–water partition coefficient (Wildman–Crippen LogP) is 1.99. The molecule has 0 aromatic rings. The highest BCUT2D eigenvalue weighted by atomic mass is 19.4. The van der Waals surface area contributed by atoms with E-state index >= 15 is 0 Å². The maximum atomic E-state index is 11.9. The van der Waals surface area contributed by atoms with Gasteiger partial charge in [0.2, 0.25) is 0 Å². The highest BCUT2D eigenvalue weighted by Crippen LogP contribution is 2.21. The minimum atomic E-state index is -4.24. The Labute approximate surface area is 81.3 Å². The lowest BCUT2D eigenvalue weighted by Gasteiger charge is -2.20. The monoisotopic (exact) mass is 212 g/mol. The SMILES string of the molecule is CCN(C)C(=O)NC(C)CC(F)(F)F. The molecule has 0 aliphatic heterocycles. The van der Waals surface area contributed by atoms with E-state index in [1.54, 1.807) is 6.92 Å². The fraction of sp³-hybridized carbons (Fsp3) is 0.875. The molecule has 0 heterocycles. The summed E-state index contributed by atoms with van der Waals surface area (Å²) in [6, 6.07) is -1.37. The quantitative estimate of drug-likeness (QED) is 0.762. The van der Waals surface area contributed by atoms with Crippen LogP contribution < -0.4 is 5.32 Å². The van der Waals surface area contributed by atoms with E-state index < -0.39 is 24.7 Å². The van der Waals surface area contributed by atoms with Crippen LogP contribution in [0.5, 0.6) is 0 Å². The number of urea groups is 1. The van der Waals surface area contributed by atoms with Crippen molar-refractivity contribution in [3.63, 3.8) is 0 Å². The van der Waals surface area contributed by atoms with Gasteiger partial charge in [0.25, 0.3) is 0 Å². The first-order chi connectivity index (χ1) is 6.26. The van der Waals surface area contributed by atoms with E-state index in [2.05, 4.69) is 5.32 Å². The molecule has 0 saturated carbocycles. The third-order valence-corrected chi connectivity index (χ3v) is 1.73. The summed E-state index contributed by atoms with van der Waals surface area (Å²) >= 11 is 0. The third kappa shape index (κ3) is 5.66. The molecule has 0 bridgehead atoms. The number of hydrogen-bond acceptors (Lipinski definition) is 1. The molecule has 0 radical (unpaired) electrons. The van der Waals surface area contributed by atoms with Gasteiger partial charge in [-0.2, -0.15) is 13.2 Å². The van der Waals surface area contributed by atoms with Crippen LogP contribution in [0.2, 0.25) is 0 Å². The van der Waals surface area contributed by atoms with E-state index in [4.69, 9.17) is 0 Å². The van der Waals surface area contributed by atoms with Crippen LogP contribution in [0.15, 0.2) is 0 Å². The molecule has 6 heteroatoms. The topological polar surface area (TPSA) is 32.3 Å². The number of halogens is 3. The van der Waals surface area contributed by atoms with Crippen LogP contribution in [0.4, 0.5) is 18.0 Å². The van der Waals surface area contributed by atoms with E-state index in [1.165, 1.54) is 18.9 Å². The van der Waals surface area contributed by atoms with Crippen LogP contribution in [-0.4, -0.2) is 36.7 Å². The van der Waals surface area contributed by atoms with Crippen molar-refractivity contribution in [1.82, 2.24) is 10.2 Å². The zero-order valence-corrected chi connectivity index (χ0v) is 8.48. The molecular weight excluding hydrogens is 197 g/mol. The summed E-state index contributed by atoms with van der Waals surface area (Å²) in [4.78, 5) is 12.4. The Balaban J connectivity index is 3.95. The molecule has 0 aliphatic carbocycles. The van der Waals surface area contributed by atoms with Crippen molar-refractivity contribution in [2.24, 2.45) is 0 Å². The summed E-state index contributed by atoms with van der Waals surface area (Å²) in [5.74, 6) is 0. The van der Waals surface area contributed by atoms with E-state index in [0.29, 0.717) is 6.54 Å². The second kappa shape index (κ2) is 5.07. The van der Waals surface area contributed by atoms with Gasteiger partial charge in [0.1, 0.15) is 0 Å². The van der Waals surface area contributed by atoms with Crippen molar-refractivity contribution in [2.45, 2.75) is 32.5 Å². The van der Waals surface area contributed by atoms with Crippen LogP contribution in [0.1, 0.15) is 20.3 Å². The third-order valence-electron chi connectivity index (χ3n) is 1.73. The van der Waals surface area contributed by atoms with Crippen molar-refractivity contribution in [3.8, 4) is 0 Å². The number of nitrogens with one attached hydrogen (secondary N) is 1. The Morgan fingerprint density at radius 3 is 2.36 bits per heavy atom. The molecule has 0 aromatic carbocycles. The lowest BCUT2D eigenvalue weighted by Crippen LogP contribution is -2.43. The van der Waals surface area contributed by atoms with Gasteiger partial charge < -0.3 is 10.2 Å². The predicted molar refractivity (Wildman–Crippen MR) is 47.0 cm³/mol. The van der Waals surface area contributed by atoms with Crippen molar-refractivity contribution in [2.75, 3.05) is 13.6 Å². The summed E-state index contributed by atoms with van der Waals surface area (Å²) in [6.07, 6.45) is -5.24. The molecule has 84 valence electrons. The van der Waals surface area contributed by atoms with E-state index in [0.717, 1.165) is 0 Å². The molecule has 1 N–H and O–H groups in total. The first-order valence-corrected chi connectivity index (χ1v) is 4.34. The lowest BCUT2D eigenvalue weighted by atomic mass is 10.2. The largest absolute Gasteiger partial charge is 0.391 e. The first kappa shape index (κ1) is 13.1. The van der Waals surface area contributed by atoms with Gasteiger partial charge in [0.15, 0.2) is 0 Å². The maximum Gasteiger partial charge on any atom is 0.391 e. The fourth-order valence-corrected chi connectivity index (χ4v) is 0.863. The molecule has 3 nitrogen and oxygen atoms in total. The fourth-order valence-electron chi connectivity index (χ4n) is 0.863. The van der Waals surface area contributed by atoms with E-state index in [-0.39, 0.29) is 0 Å². The Morgan fingerprint density at radius 2 is 2.00 bits per heavy atom. The minimum absolute atomic E-state index is 0.463. The van der Waals surface area contributed by atoms with Crippen molar-refractivity contribution in [3.05, 3.63) is 0 Å². The second-order valence-corrected chi connectivity index (χ2v) is 3.18. The highest BCUT2D eigenvalue weighted by Gasteiger charge is 2.30. The Hall–Kier alpha value is -0.940. The van der Waals surface area contributed by atoms with Crippen LogP contribution in [0.3, 0.4) is 0 Å². The van der Waals surface area contributed by atoms with E-state index in [9.17, 15) is 18.0 Å². The van der Waals surface area contributed by atoms with Crippen molar-refractivity contribution < 1.29 is 18.0 Å². The van der Waals surface area contributed by atoms with Crippen LogP contribution >= 0.6 is 0 Å². The first-order valence-electron chi connectivity index (χ1n) is 4.34. The zero-order chi connectivity index (χ0) is 11.4. The summed E-state index contributed by atoms with van der Waals surface area (Å²) in [5.41, 5.74) is 0. The number of alkyl halides is 3. The summed E-state index contributed by atoms with van der Waals surface area (Å²) in [7, 11) is 1.52. The Morgan fingerprint density at radius 1 is 1.50 bits per heavy atom. The Kier molecular flexibility index (Phi) is 4.73. The number of carbonyl (C=O) groups is 1. The number of hydrogen-bond donors (Lipinski definition) is 1. The Bertz CT molecular complexity index is 194. The van der Waals surface area contributed by atoms with Gasteiger partial charge in [-0.3, -0.25) is 0 Å². The van der Waals surface area contributed by atoms with Gasteiger partial charge >= 0.3 is 12.2 Å². The molecule has 0 rings (SSSR count). The summed E-state index contributed by atoms with van der Waals surface area (Å²) < 4.78 is 35.6. The second-order valence-electron chi connectivity index (χ2n) is 3.18. The van der Waals surface area contributed by atoms with Gasteiger partial charge in [-0.15, -0.1) is 0 Å². The van der Waals surface area contributed by atoms with Gasteiger partial charge in [-0.1, -0.05) is 0 Å². The standard InChI is InChI=1S/C8H15F3N2O/c1-4-13(3)7(14)12-6(2)5-8(9,10)11/h6H,4-5H2,1-3H3,(H,12,14). The van der Waals surface area contributed by atoms with Crippen LogP contribution in [-0.2, 0) is 0 Å². The average molecular weight is 212 g/mol. The molecule has 0 spiro atoms. The summed E-state index contributed by atoms with van der Waals surface area (Å²) in [5, 5.41) is 2.25. The number of nitrogens with zero attached hydrogens (tertiary/aromatic N) is 1. The van der Waals surface area contributed by atoms with Gasteiger partial charge in [0, 0.05) is 19.6 Å². The van der Waals surface area contributed by atoms with Crippen LogP contribution in [0, 0.1) is 0 Å². The normalized spacial score (nSPS) is 13.6. The van der Waals surface area contributed by atoms with Gasteiger partial charge in [0.05, 0.1) is 6.42 Å². The molecule has 1 atom stereocenters. The summed E-state index contributed by atoms with van der Waals surface area (Å²) in [6.45, 7) is 3.54. The van der Waals surface area contributed by atoms with Gasteiger partial charge in [-0.25, -0.2) is 4.79 Å². The smallest absolute Gasteiger partial charge is 0.335 e. The lowest BCUT2D eigenvalue weighted by molar-refractivity contribution is -0.138.